The van der Waals surface area contributed by atoms with E-state index >= 15 is 0 Å². The van der Waals surface area contributed by atoms with E-state index in [1.165, 1.54) is 23.6 Å². The van der Waals surface area contributed by atoms with E-state index in [0.717, 1.165) is 54.9 Å². The molecular weight excluding hydrogens is 476 g/mol. The number of benzene rings is 3. The first-order chi connectivity index (χ1) is 18.6. The Morgan fingerprint density at radius 2 is 1.24 bits per heavy atom. The standard InChI is InChI=1S/C33H40O5/c1-4-26(3)24-27-10-12-28(13-11-27)29-14-16-31(17-15-29)37-25-38-32-20-18-30(19-21-32)35-22-8-6-7-9-23-36-33(34)5-2/h5,10-21,26H,2,4,6-9,22-25H2,1,3H3. The van der Waals surface area contributed by atoms with Crippen LogP contribution in [-0.2, 0) is 16.0 Å². The molecule has 0 N–H and O–H groups in total. The Balaban J connectivity index is 1.31. The zero-order chi connectivity index (χ0) is 27.0. The third-order valence-corrected chi connectivity index (χ3v) is 6.42. The van der Waals surface area contributed by atoms with E-state index in [1.54, 1.807) is 0 Å². The van der Waals surface area contributed by atoms with Crippen molar-refractivity contribution in [2.75, 3.05) is 20.0 Å². The van der Waals surface area contributed by atoms with E-state index in [9.17, 15) is 4.79 Å². The van der Waals surface area contributed by atoms with Crippen molar-refractivity contribution in [3.05, 3.63) is 91.0 Å². The van der Waals surface area contributed by atoms with E-state index in [2.05, 4.69) is 56.8 Å². The van der Waals surface area contributed by atoms with Crippen molar-refractivity contribution in [3.63, 3.8) is 0 Å². The third-order valence-electron chi connectivity index (χ3n) is 6.42. The Morgan fingerprint density at radius 3 is 1.79 bits per heavy atom. The first-order valence-corrected chi connectivity index (χ1v) is 13.5. The molecule has 3 rings (SSSR count). The highest BCUT2D eigenvalue weighted by Gasteiger charge is 2.04. The van der Waals surface area contributed by atoms with Gasteiger partial charge in [0.15, 0.2) is 0 Å². The molecule has 0 aliphatic heterocycles. The number of carbonyl (C=O) groups is 1. The van der Waals surface area contributed by atoms with Gasteiger partial charge in [-0.1, -0.05) is 63.2 Å². The van der Waals surface area contributed by atoms with Crippen LogP contribution < -0.4 is 14.2 Å². The van der Waals surface area contributed by atoms with Crippen molar-refractivity contribution in [2.45, 2.75) is 52.4 Å². The smallest absolute Gasteiger partial charge is 0.330 e. The molecule has 0 aliphatic carbocycles. The summed E-state index contributed by atoms with van der Waals surface area (Å²) in [6.45, 7) is 9.12. The van der Waals surface area contributed by atoms with Crippen LogP contribution in [0.3, 0.4) is 0 Å². The number of ether oxygens (including phenoxy) is 4. The first kappa shape index (κ1) is 28.8. The van der Waals surface area contributed by atoms with Crippen molar-refractivity contribution < 1.29 is 23.7 Å². The first-order valence-electron chi connectivity index (χ1n) is 13.5. The maximum absolute atomic E-state index is 11.0. The Kier molecular flexibility index (Phi) is 12.3. The highest BCUT2D eigenvalue weighted by molar-refractivity contribution is 5.81. The molecule has 0 heterocycles. The average molecular weight is 517 g/mol. The fourth-order valence-corrected chi connectivity index (χ4v) is 3.90. The molecule has 5 nitrogen and oxygen atoms in total. The van der Waals surface area contributed by atoms with Crippen molar-refractivity contribution in [2.24, 2.45) is 5.92 Å². The van der Waals surface area contributed by atoms with Crippen LogP contribution in [0.5, 0.6) is 17.2 Å². The second-order valence-corrected chi connectivity index (χ2v) is 9.45. The lowest BCUT2D eigenvalue weighted by Gasteiger charge is -2.11. The molecule has 3 aromatic rings. The molecule has 5 heteroatoms. The van der Waals surface area contributed by atoms with Crippen LogP contribution in [0.4, 0.5) is 0 Å². The van der Waals surface area contributed by atoms with Crippen molar-refractivity contribution in [1.29, 1.82) is 0 Å². The highest BCUT2D eigenvalue weighted by Crippen LogP contribution is 2.24. The molecule has 1 atom stereocenters. The third kappa shape index (κ3) is 10.3. The largest absolute Gasteiger partial charge is 0.494 e. The summed E-state index contributed by atoms with van der Waals surface area (Å²) in [5.41, 5.74) is 3.75. The van der Waals surface area contributed by atoms with Crippen LogP contribution in [0.2, 0.25) is 0 Å². The normalized spacial score (nSPS) is 11.4. The van der Waals surface area contributed by atoms with Crippen molar-refractivity contribution in [1.82, 2.24) is 0 Å². The zero-order valence-electron chi connectivity index (χ0n) is 22.7. The Morgan fingerprint density at radius 1 is 0.737 bits per heavy atom. The summed E-state index contributed by atoms with van der Waals surface area (Å²) in [4.78, 5) is 11.0. The van der Waals surface area contributed by atoms with Gasteiger partial charge in [-0.25, -0.2) is 4.79 Å². The fraction of sp³-hybridized carbons (Fsp3) is 0.364. The van der Waals surface area contributed by atoms with E-state index in [1.807, 2.05) is 36.4 Å². The summed E-state index contributed by atoms with van der Waals surface area (Å²) in [5, 5.41) is 0. The second kappa shape index (κ2) is 16.2. The van der Waals surface area contributed by atoms with Crippen molar-refractivity contribution >= 4 is 5.97 Å². The monoisotopic (exact) mass is 516 g/mol. The number of rotatable bonds is 17. The van der Waals surface area contributed by atoms with Gasteiger partial charge in [-0.05, 0) is 91.1 Å². The molecule has 0 aromatic heterocycles. The maximum atomic E-state index is 11.0. The zero-order valence-corrected chi connectivity index (χ0v) is 22.7. The molecule has 3 aromatic carbocycles. The number of unbranched alkanes of at least 4 members (excludes halogenated alkanes) is 3. The molecule has 0 radical (unpaired) electrons. The van der Waals surface area contributed by atoms with E-state index in [4.69, 9.17) is 18.9 Å². The summed E-state index contributed by atoms with van der Waals surface area (Å²) in [5.74, 6) is 2.64. The Bertz CT molecular complexity index is 1090. The lowest BCUT2D eigenvalue weighted by Crippen LogP contribution is -2.05. The predicted octanol–water partition coefficient (Wildman–Crippen LogP) is 8.03. The summed E-state index contributed by atoms with van der Waals surface area (Å²) in [6, 6.07) is 24.5. The molecular formula is C33H40O5. The van der Waals surface area contributed by atoms with Gasteiger partial charge in [0.1, 0.15) is 17.2 Å². The molecule has 0 fully saturated rings. The van der Waals surface area contributed by atoms with Gasteiger partial charge in [0.2, 0.25) is 6.79 Å². The molecule has 202 valence electrons. The van der Waals surface area contributed by atoms with Gasteiger partial charge in [0, 0.05) is 6.08 Å². The van der Waals surface area contributed by atoms with Crippen LogP contribution in [-0.4, -0.2) is 26.0 Å². The molecule has 0 saturated heterocycles. The maximum Gasteiger partial charge on any atom is 0.330 e. The second-order valence-electron chi connectivity index (χ2n) is 9.45. The SMILES string of the molecule is C=CC(=O)OCCCCCCOc1ccc(OCOc2ccc(-c3ccc(CC(C)CC)cc3)cc2)cc1. The van der Waals surface area contributed by atoms with Crippen LogP contribution in [0.15, 0.2) is 85.5 Å². The highest BCUT2D eigenvalue weighted by atomic mass is 16.7. The molecule has 0 amide bonds. The summed E-state index contributed by atoms with van der Waals surface area (Å²) < 4.78 is 22.2. The lowest BCUT2D eigenvalue weighted by molar-refractivity contribution is -0.137. The van der Waals surface area contributed by atoms with Gasteiger partial charge >= 0.3 is 5.97 Å². The van der Waals surface area contributed by atoms with E-state index < -0.39 is 0 Å². The van der Waals surface area contributed by atoms with Gasteiger partial charge in [-0.15, -0.1) is 0 Å². The lowest BCUT2D eigenvalue weighted by atomic mass is 9.97. The van der Waals surface area contributed by atoms with Crippen LogP contribution in [0.25, 0.3) is 11.1 Å². The van der Waals surface area contributed by atoms with Gasteiger partial charge < -0.3 is 18.9 Å². The van der Waals surface area contributed by atoms with Crippen LogP contribution in [0, 0.1) is 5.92 Å². The van der Waals surface area contributed by atoms with Crippen LogP contribution in [0.1, 0.15) is 51.5 Å². The number of hydrogen-bond donors (Lipinski definition) is 0. The van der Waals surface area contributed by atoms with Gasteiger partial charge in [0.05, 0.1) is 13.2 Å². The number of esters is 1. The molecule has 0 saturated carbocycles. The minimum atomic E-state index is -0.365. The average Bonchev–Trinajstić information content (AvgIpc) is 2.95. The Labute approximate surface area is 227 Å². The Hall–Kier alpha value is -3.73. The topological polar surface area (TPSA) is 54.0 Å². The summed E-state index contributed by atoms with van der Waals surface area (Å²) in [6.07, 6.45) is 7.33. The van der Waals surface area contributed by atoms with Crippen LogP contribution >= 0.6 is 0 Å². The number of hydrogen-bond acceptors (Lipinski definition) is 5. The van der Waals surface area contributed by atoms with E-state index in [0.29, 0.717) is 19.1 Å². The van der Waals surface area contributed by atoms with Gasteiger partial charge in [-0.3, -0.25) is 0 Å². The fourth-order valence-electron chi connectivity index (χ4n) is 3.90. The van der Waals surface area contributed by atoms with E-state index in [-0.39, 0.29) is 12.8 Å². The minimum Gasteiger partial charge on any atom is -0.494 e. The van der Waals surface area contributed by atoms with Crippen molar-refractivity contribution in [3.8, 4) is 28.4 Å². The molecule has 38 heavy (non-hydrogen) atoms. The predicted molar refractivity (Wildman–Crippen MR) is 153 cm³/mol. The molecule has 0 bridgehead atoms. The minimum absolute atomic E-state index is 0.131. The van der Waals surface area contributed by atoms with Gasteiger partial charge in [0.25, 0.3) is 0 Å². The number of carbonyl (C=O) groups excluding carboxylic acids is 1. The van der Waals surface area contributed by atoms with Gasteiger partial charge in [-0.2, -0.15) is 0 Å². The summed E-state index contributed by atoms with van der Waals surface area (Å²) >= 11 is 0. The molecule has 0 aliphatic rings. The molecule has 1 unspecified atom stereocenters. The quantitative estimate of drug-likeness (QED) is 0.0787. The molecule has 0 spiro atoms. The summed E-state index contributed by atoms with van der Waals surface area (Å²) in [7, 11) is 0.